The van der Waals surface area contributed by atoms with Crippen molar-refractivity contribution in [2.75, 3.05) is 7.11 Å². The van der Waals surface area contributed by atoms with Gasteiger partial charge in [0, 0.05) is 6.54 Å². The van der Waals surface area contributed by atoms with Crippen LogP contribution in [0, 0.1) is 5.82 Å². The summed E-state index contributed by atoms with van der Waals surface area (Å²) in [6.07, 6.45) is 1.42. The van der Waals surface area contributed by atoms with E-state index in [2.05, 4.69) is 5.32 Å². The van der Waals surface area contributed by atoms with Gasteiger partial charge >= 0.3 is 0 Å². The summed E-state index contributed by atoms with van der Waals surface area (Å²) in [5, 5.41) is 2.63. The molecule has 0 aliphatic heterocycles. The average Bonchev–Trinajstić information content (AvgIpc) is 2.90. The van der Waals surface area contributed by atoms with Gasteiger partial charge in [0.15, 0.2) is 17.3 Å². The topological polar surface area (TPSA) is 51.5 Å². The fourth-order valence-corrected chi connectivity index (χ4v) is 1.50. The van der Waals surface area contributed by atoms with Crippen LogP contribution >= 0.6 is 0 Å². The first-order valence-electron chi connectivity index (χ1n) is 5.35. The highest BCUT2D eigenvalue weighted by atomic mass is 19.1. The Hall–Kier alpha value is -2.30. The van der Waals surface area contributed by atoms with Gasteiger partial charge in [-0.1, -0.05) is 6.07 Å². The zero-order valence-electron chi connectivity index (χ0n) is 9.77. The molecule has 0 saturated carbocycles. The Morgan fingerprint density at radius 1 is 1.44 bits per heavy atom. The molecule has 0 aliphatic rings. The van der Waals surface area contributed by atoms with Crippen LogP contribution in [0.3, 0.4) is 0 Å². The molecule has 94 valence electrons. The van der Waals surface area contributed by atoms with E-state index in [1.165, 1.54) is 25.5 Å². The third-order valence-electron chi connectivity index (χ3n) is 2.41. The highest BCUT2D eigenvalue weighted by Gasteiger charge is 2.08. The van der Waals surface area contributed by atoms with Gasteiger partial charge in [0.05, 0.1) is 13.4 Å². The average molecular weight is 249 g/mol. The molecule has 1 aromatic carbocycles. The maximum absolute atomic E-state index is 13.4. The lowest BCUT2D eigenvalue weighted by Gasteiger charge is -2.06. The largest absolute Gasteiger partial charge is 0.494 e. The first-order chi connectivity index (χ1) is 8.70. The monoisotopic (exact) mass is 249 g/mol. The Morgan fingerprint density at radius 3 is 2.89 bits per heavy atom. The summed E-state index contributed by atoms with van der Waals surface area (Å²) < 4.78 is 23.1. The molecule has 4 nitrogen and oxygen atoms in total. The summed E-state index contributed by atoms with van der Waals surface area (Å²) in [5.74, 6) is -0.390. The van der Waals surface area contributed by atoms with Crippen LogP contribution in [0.25, 0.3) is 0 Å². The van der Waals surface area contributed by atoms with Gasteiger partial charge in [-0.3, -0.25) is 4.79 Å². The fraction of sp³-hybridized carbons (Fsp3) is 0.154. The minimum absolute atomic E-state index is 0.177. The van der Waals surface area contributed by atoms with Crippen LogP contribution in [0.2, 0.25) is 0 Å². The summed E-state index contributed by atoms with van der Waals surface area (Å²) in [4.78, 5) is 11.6. The summed E-state index contributed by atoms with van der Waals surface area (Å²) >= 11 is 0. The number of ether oxygens (including phenoxy) is 1. The Labute approximate surface area is 103 Å². The summed E-state index contributed by atoms with van der Waals surface area (Å²) in [6, 6.07) is 7.71. The molecule has 0 bridgehead atoms. The smallest absolute Gasteiger partial charge is 0.287 e. The third kappa shape index (κ3) is 2.68. The van der Waals surface area contributed by atoms with E-state index < -0.39 is 5.82 Å². The second-order valence-electron chi connectivity index (χ2n) is 3.63. The van der Waals surface area contributed by atoms with Crippen molar-refractivity contribution in [3.05, 3.63) is 53.7 Å². The molecule has 0 fully saturated rings. The number of methoxy groups -OCH3 is 1. The molecule has 0 radical (unpaired) electrons. The number of nitrogens with one attached hydrogen (secondary N) is 1. The van der Waals surface area contributed by atoms with Crippen LogP contribution in [-0.4, -0.2) is 13.0 Å². The van der Waals surface area contributed by atoms with Gasteiger partial charge in [-0.15, -0.1) is 0 Å². The van der Waals surface area contributed by atoms with Crippen molar-refractivity contribution in [3.8, 4) is 5.75 Å². The van der Waals surface area contributed by atoms with Crippen LogP contribution in [0.5, 0.6) is 5.75 Å². The van der Waals surface area contributed by atoms with Crippen LogP contribution in [0.1, 0.15) is 16.1 Å². The molecule has 0 unspecified atom stereocenters. The Kier molecular flexibility index (Phi) is 3.62. The number of hydrogen-bond donors (Lipinski definition) is 1. The molecule has 1 aromatic heterocycles. The molecule has 1 N–H and O–H groups in total. The SMILES string of the molecule is COc1ccc(CNC(=O)c2ccco2)cc1F. The molecule has 1 heterocycles. The van der Waals surface area contributed by atoms with Crippen molar-refractivity contribution in [1.82, 2.24) is 5.32 Å². The minimum atomic E-state index is -0.456. The predicted octanol–water partition coefficient (Wildman–Crippen LogP) is 2.36. The number of halogens is 1. The van der Waals surface area contributed by atoms with Gasteiger partial charge in [-0.05, 0) is 29.8 Å². The highest BCUT2D eigenvalue weighted by Crippen LogP contribution is 2.17. The van der Waals surface area contributed by atoms with E-state index in [4.69, 9.17) is 9.15 Å². The number of rotatable bonds is 4. The molecule has 0 saturated heterocycles. The van der Waals surface area contributed by atoms with Crippen molar-refractivity contribution in [2.45, 2.75) is 6.54 Å². The maximum atomic E-state index is 13.4. The first kappa shape index (κ1) is 12.2. The third-order valence-corrected chi connectivity index (χ3v) is 2.41. The zero-order chi connectivity index (χ0) is 13.0. The number of furan rings is 1. The van der Waals surface area contributed by atoms with Crippen molar-refractivity contribution in [1.29, 1.82) is 0 Å². The Bertz CT molecular complexity index is 537. The summed E-state index contributed by atoms with van der Waals surface area (Å²) in [7, 11) is 1.40. The van der Waals surface area contributed by atoms with Gasteiger partial charge in [-0.25, -0.2) is 4.39 Å². The first-order valence-corrected chi connectivity index (χ1v) is 5.35. The van der Waals surface area contributed by atoms with Crippen LogP contribution in [0.15, 0.2) is 41.0 Å². The molecular weight excluding hydrogens is 237 g/mol. The van der Waals surface area contributed by atoms with E-state index >= 15 is 0 Å². The molecule has 0 spiro atoms. The number of carbonyl (C=O) groups excluding carboxylic acids is 1. The van der Waals surface area contributed by atoms with Gasteiger partial charge in [0.2, 0.25) is 0 Å². The lowest BCUT2D eigenvalue weighted by Crippen LogP contribution is -2.22. The molecule has 5 heteroatoms. The molecule has 1 amide bonds. The normalized spacial score (nSPS) is 10.1. The number of carbonyl (C=O) groups is 1. The predicted molar refractivity (Wildman–Crippen MR) is 62.8 cm³/mol. The molecule has 2 aromatic rings. The standard InChI is InChI=1S/C13H12FNO3/c1-17-11-5-4-9(7-10(11)14)8-15-13(16)12-3-2-6-18-12/h2-7H,8H2,1H3,(H,15,16). The van der Waals surface area contributed by atoms with Crippen molar-refractivity contribution in [2.24, 2.45) is 0 Å². The van der Waals surface area contributed by atoms with Crippen molar-refractivity contribution in [3.63, 3.8) is 0 Å². The van der Waals surface area contributed by atoms with Crippen molar-refractivity contribution < 1.29 is 18.3 Å². The van der Waals surface area contributed by atoms with Crippen LogP contribution < -0.4 is 10.1 Å². The number of hydrogen-bond acceptors (Lipinski definition) is 3. The van der Waals surface area contributed by atoms with E-state index in [9.17, 15) is 9.18 Å². The fourth-order valence-electron chi connectivity index (χ4n) is 1.50. The highest BCUT2D eigenvalue weighted by molar-refractivity contribution is 5.91. The van der Waals surface area contributed by atoms with E-state index in [0.717, 1.165) is 0 Å². The molecule has 18 heavy (non-hydrogen) atoms. The Morgan fingerprint density at radius 2 is 2.28 bits per heavy atom. The Balaban J connectivity index is 1.98. The number of benzene rings is 1. The molecule has 0 atom stereocenters. The summed E-state index contributed by atoms with van der Waals surface area (Å²) in [5.41, 5.74) is 0.646. The van der Waals surface area contributed by atoms with Crippen LogP contribution in [-0.2, 0) is 6.54 Å². The van der Waals surface area contributed by atoms with Crippen molar-refractivity contribution >= 4 is 5.91 Å². The van der Waals surface area contributed by atoms with Gasteiger partial charge in [-0.2, -0.15) is 0 Å². The van der Waals surface area contributed by atoms with Gasteiger partial charge < -0.3 is 14.5 Å². The second-order valence-corrected chi connectivity index (χ2v) is 3.63. The second kappa shape index (κ2) is 5.35. The molecular formula is C13H12FNO3. The summed E-state index contributed by atoms with van der Waals surface area (Å²) in [6.45, 7) is 0.223. The minimum Gasteiger partial charge on any atom is -0.494 e. The zero-order valence-corrected chi connectivity index (χ0v) is 9.77. The maximum Gasteiger partial charge on any atom is 0.287 e. The molecule has 0 aliphatic carbocycles. The number of amides is 1. The van der Waals surface area contributed by atoms with E-state index in [1.807, 2.05) is 0 Å². The quantitative estimate of drug-likeness (QED) is 0.904. The van der Waals surface area contributed by atoms with Crippen LogP contribution in [0.4, 0.5) is 4.39 Å². The molecule has 2 rings (SSSR count). The lowest BCUT2D eigenvalue weighted by molar-refractivity contribution is 0.0923. The van der Waals surface area contributed by atoms with E-state index in [1.54, 1.807) is 18.2 Å². The van der Waals surface area contributed by atoms with E-state index in [0.29, 0.717) is 5.56 Å². The lowest BCUT2D eigenvalue weighted by atomic mass is 10.2. The van der Waals surface area contributed by atoms with Gasteiger partial charge in [0.25, 0.3) is 5.91 Å². The van der Waals surface area contributed by atoms with E-state index in [-0.39, 0.29) is 24.0 Å². The van der Waals surface area contributed by atoms with Gasteiger partial charge in [0.1, 0.15) is 0 Å².